The summed E-state index contributed by atoms with van der Waals surface area (Å²) in [6.45, 7) is 8.84. The first kappa shape index (κ1) is 22.2. The highest BCUT2D eigenvalue weighted by molar-refractivity contribution is 6.03. The number of carbonyl (C=O) groups excluding carboxylic acids is 2. The van der Waals surface area contributed by atoms with Gasteiger partial charge in [0.1, 0.15) is 6.10 Å². The zero-order chi connectivity index (χ0) is 19.4. The Hall–Kier alpha value is -1.84. The Kier molecular flexibility index (Phi) is 10.7. The van der Waals surface area contributed by atoms with Gasteiger partial charge in [-0.3, -0.25) is 0 Å². The lowest BCUT2D eigenvalue weighted by molar-refractivity contribution is 0.0245. The first-order valence-electron chi connectivity index (χ1n) is 9.96. The third kappa shape index (κ3) is 8.03. The quantitative estimate of drug-likeness (QED) is 0.348. The molecule has 0 aromatic heterocycles. The number of rotatable bonds is 12. The van der Waals surface area contributed by atoms with Gasteiger partial charge in [-0.05, 0) is 43.7 Å². The molecule has 0 aliphatic rings. The van der Waals surface area contributed by atoms with Gasteiger partial charge in [-0.2, -0.15) is 0 Å². The van der Waals surface area contributed by atoms with Gasteiger partial charge in [0.15, 0.2) is 0 Å². The highest BCUT2D eigenvalue weighted by Crippen LogP contribution is 2.17. The van der Waals surface area contributed by atoms with Gasteiger partial charge in [0.05, 0.1) is 17.7 Å². The van der Waals surface area contributed by atoms with E-state index in [4.69, 9.17) is 9.47 Å². The molecule has 146 valence electrons. The average molecular weight is 363 g/mol. The molecule has 4 nitrogen and oxygen atoms in total. The van der Waals surface area contributed by atoms with Crippen molar-refractivity contribution in [3.8, 4) is 0 Å². The number of ether oxygens (including phenoxy) is 2. The molecule has 1 aromatic rings. The molecular weight excluding hydrogens is 328 g/mol. The van der Waals surface area contributed by atoms with Crippen LogP contribution in [0.4, 0.5) is 0 Å². The second-order valence-electron chi connectivity index (χ2n) is 7.18. The van der Waals surface area contributed by atoms with Crippen LogP contribution in [0.3, 0.4) is 0 Å². The molecule has 0 aliphatic heterocycles. The Balaban J connectivity index is 2.73. The molecule has 0 spiro atoms. The monoisotopic (exact) mass is 362 g/mol. The van der Waals surface area contributed by atoms with Crippen molar-refractivity contribution in [1.82, 2.24) is 0 Å². The van der Waals surface area contributed by atoms with E-state index in [0.717, 1.165) is 44.9 Å². The van der Waals surface area contributed by atoms with E-state index in [1.807, 2.05) is 0 Å². The summed E-state index contributed by atoms with van der Waals surface area (Å²) in [7, 11) is 0. The molecule has 0 aliphatic carbocycles. The second-order valence-corrected chi connectivity index (χ2v) is 7.18. The van der Waals surface area contributed by atoms with Crippen LogP contribution in [0.1, 0.15) is 93.4 Å². The summed E-state index contributed by atoms with van der Waals surface area (Å²) in [5, 5.41) is 0. The molecule has 0 amide bonds. The normalized spacial score (nSPS) is 12.0. The van der Waals surface area contributed by atoms with Gasteiger partial charge in [0, 0.05) is 0 Å². The highest BCUT2D eigenvalue weighted by Gasteiger charge is 2.21. The molecule has 26 heavy (non-hydrogen) atoms. The molecule has 1 unspecified atom stereocenters. The molecule has 1 atom stereocenters. The van der Waals surface area contributed by atoms with Crippen LogP contribution in [-0.2, 0) is 9.47 Å². The van der Waals surface area contributed by atoms with Crippen molar-refractivity contribution in [3.63, 3.8) is 0 Å². The SMILES string of the molecule is CCCCC(CCC)OC(=O)c1ccccc1C(=O)OCCCC(C)C. The summed E-state index contributed by atoms with van der Waals surface area (Å²) in [6.07, 6.45) is 6.49. The van der Waals surface area contributed by atoms with Gasteiger partial charge in [-0.1, -0.05) is 59.1 Å². The molecule has 0 radical (unpaired) electrons. The minimum atomic E-state index is -0.457. The standard InChI is InChI=1S/C22H34O4/c1-5-7-13-18(11-6-2)26-22(24)20-15-9-8-14-19(20)21(23)25-16-10-12-17(3)4/h8-9,14-15,17-18H,5-7,10-13,16H2,1-4H3. The van der Waals surface area contributed by atoms with E-state index in [1.165, 1.54) is 0 Å². The van der Waals surface area contributed by atoms with E-state index in [2.05, 4.69) is 27.7 Å². The van der Waals surface area contributed by atoms with Gasteiger partial charge in [-0.25, -0.2) is 9.59 Å². The number of benzene rings is 1. The van der Waals surface area contributed by atoms with Crippen molar-refractivity contribution < 1.29 is 19.1 Å². The predicted molar refractivity (Wildman–Crippen MR) is 104 cm³/mol. The third-order valence-electron chi connectivity index (χ3n) is 4.29. The first-order chi connectivity index (χ1) is 12.5. The minimum Gasteiger partial charge on any atom is -0.462 e. The van der Waals surface area contributed by atoms with E-state index < -0.39 is 11.9 Å². The summed E-state index contributed by atoms with van der Waals surface area (Å²) in [5.74, 6) is -0.314. The molecule has 0 fully saturated rings. The Morgan fingerprint density at radius 1 is 0.885 bits per heavy atom. The van der Waals surface area contributed by atoms with Crippen LogP contribution >= 0.6 is 0 Å². The maximum Gasteiger partial charge on any atom is 0.339 e. The van der Waals surface area contributed by atoms with Crippen LogP contribution in [0.25, 0.3) is 0 Å². The van der Waals surface area contributed by atoms with Crippen molar-refractivity contribution in [2.45, 2.75) is 78.7 Å². The highest BCUT2D eigenvalue weighted by atomic mass is 16.5. The number of hydrogen-bond donors (Lipinski definition) is 0. The first-order valence-corrected chi connectivity index (χ1v) is 9.96. The Bertz CT molecular complexity index is 551. The fourth-order valence-corrected chi connectivity index (χ4v) is 2.80. The predicted octanol–water partition coefficient (Wildman–Crippen LogP) is 5.80. The summed E-state index contributed by atoms with van der Waals surface area (Å²) in [5.41, 5.74) is 0.576. The molecule has 0 N–H and O–H groups in total. The van der Waals surface area contributed by atoms with Crippen LogP contribution in [-0.4, -0.2) is 24.6 Å². The maximum absolute atomic E-state index is 12.6. The summed E-state index contributed by atoms with van der Waals surface area (Å²) >= 11 is 0. The number of hydrogen-bond acceptors (Lipinski definition) is 4. The van der Waals surface area contributed by atoms with Crippen molar-refractivity contribution in [3.05, 3.63) is 35.4 Å². The van der Waals surface area contributed by atoms with E-state index in [9.17, 15) is 9.59 Å². The Morgan fingerprint density at radius 3 is 2.12 bits per heavy atom. The van der Waals surface area contributed by atoms with E-state index in [0.29, 0.717) is 18.1 Å². The van der Waals surface area contributed by atoms with Gasteiger partial charge in [-0.15, -0.1) is 0 Å². The number of esters is 2. The average Bonchev–Trinajstić information content (AvgIpc) is 2.63. The van der Waals surface area contributed by atoms with E-state index in [1.54, 1.807) is 24.3 Å². The zero-order valence-corrected chi connectivity index (χ0v) is 16.8. The van der Waals surface area contributed by atoms with Crippen molar-refractivity contribution in [1.29, 1.82) is 0 Å². The largest absolute Gasteiger partial charge is 0.462 e. The van der Waals surface area contributed by atoms with Crippen LogP contribution < -0.4 is 0 Å². The Morgan fingerprint density at radius 2 is 1.54 bits per heavy atom. The van der Waals surface area contributed by atoms with Crippen LogP contribution in [0.15, 0.2) is 24.3 Å². The van der Waals surface area contributed by atoms with Crippen LogP contribution in [0, 0.1) is 5.92 Å². The summed E-state index contributed by atoms with van der Waals surface area (Å²) in [4.78, 5) is 25.0. The lowest BCUT2D eigenvalue weighted by Crippen LogP contribution is -2.21. The molecule has 1 rings (SSSR count). The maximum atomic E-state index is 12.6. The molecular formula is C22H34O4. The van der Waals surface area contributed by atoms with Crippen LogP contribution in [0.2, 0.25) is 0 Å². The van der Waals surface area contributed by atoms with E-state index >= 15 is 0 Å². The molecule has 0 saturated heterocycles. The fourth-order valence-electron chi connectivity index (χ4n) is 2.80. The second kappa shape index (κ2) is 12.5. The van der Waals surface area contributed by atoms with Gasteiger partial charge in [0.25, 0.3) is 0 Å². The molecule has 0 bridgehead atoms. The van der Waals surface area contributed by atoms with Gasteiger partial charge in [0.2, 0.25) is 0 Å². The topological polar surface area (TPSA) is 52.6 Å². The smallest absolute Gasteiger partial charge is 0.339 e. The van der Waals surface area contributed by atoms with Crippen molar-refractivity contribution >= 4 is 11.9 Å². The number of unbranched alkanes of at least 4 members (excludes halogenated alkanes) is 1. The third-order valence-corrected chi connectivity index (χ3v) is 4.29. The molecule has 4 heteroatoms. The van der Waals surface area contributed by atoms with Crippen molar-refractivity contribution in [2.75, 3.05) is 6.61 Å². The summed E-state index contributed by atoms with van der Waals surface area (Å²) in [6, 6.07) is 6.74. The van der Waals surface area contributed by atoms with Crippen LogP contribution in [0.5, 0.6) is 0 Å². The molecule has 1 aromatic carbocycles. The minimum absolute atomic E-state index is 0.0948. The molecule has 0 saturated carbocycles. The van der Waals surface area contributed by atoms with Gasteiger partial charge >= 0.3 is 11.9 Å². The van der Waals surface area contributed by atoms with Crippen molar-refractivity contribution in [2.24, 2.45) is 5.92 Å². The summed E-state index contributed by atoms with van der Waals surface area (Å²) < 4.78 is 11.0. The van der Waals surface area contributed by atoms with E-state index in [-0.39, 0.29) is 11.7 Å². The zero-order valence-electron chi connectivity index (χ0n) is 16.8. The lowest BCUT2D eigenvalue weighted by atomic mass is 10.1. The number of carbonyl (C=O) groups is 2. The molecule has 0 heterocycles. The van der Waals surface area contributed by atoms with Gasteiger partial charge < -0.3 is 9.47 Å². The lowest BCUT2D eigenvalue weighted by Gasteiger charge is -2.18. The fraction of sp³-hybridized carbons (Fsp3) is 0.636. The Labute approximate surface area is 158 Å².